The Morgan fingerprint density at radius 2 is 1.20 bits per heavy atom. The van der Waals surface area contributed by atoms with Gasteiger partial charge in [0.15, 0.2) is 0 Å². The molecule has 0 saturated heterocycles. The maximum absolute atomic E-state index is 13.9. The van der Waals surface area contributed by atoms with Crippen LogP contribution in [-0.2, 0) is 40.0 Å². The molecule has 0 saturated carbocycles. The van der Waals surface area contributed by atoms with Crippen LogP contribution in [0.3, 0.4) is 0 Å². The Morgan fingerprint density at radius 1 is 0.704 bits per heavy atom. The van der Waals surface area contributed by atoms with Crippen LogP contribution in [0.15, 0.2) is 87.7 Å². The second-order valence-corrected chi connectivity index (χ2v) is 21.3. The predicted molar refractivity (Wildman–Crippen MR) is 198 cm³/mol. The number of hydrogen-bond acceptors (Lipinski definition) is 0. The summed E-state index contributed by atoms with van der Waals surface area (Å²) in [6.07, 6.45) is -0.565. The van der Waals surface area contributed by atoms with E-state index in [4.69, 9.17) is 0 Å². The number of hydrogen-bond donors (Lipinski definition) is 0. The number of halogens is 8. The van der Waals surface area contributed by atoms with Gasteiger partial charge in [-0.15, -0.1) is 0 Å². The monoisotopic (exact) mass is 860 g/mol. The number of rotatable bonds is 7. The van der Waals surface area contributed by atoms with Crippen molar-refractivity contribution >= 4 is 6.48 Å². The summed E-state index contributed by atoms with van der Waals surface area (Å²) >= 11 is -3.56. The molecule has 0 aromatic heterocycles. The summed E-state index contributed by atoms with van der Waals surface area (Å²) in [6, 6.07) is 17.4. The van der Waals surface area contributed by atoms with E-state index in [1.807, 2.05) is 0 Å². The average molecular weight is 863 g/mol. The smallest absolute Gasteiger partial charge is 1.00 e. The molecule has 2 aliphatic rings. The molecule has 286 valence electrons. The Balaban J connectivity index is 0.00000325. The Hall–Kier alpha value is -2.73. The fourth-order valence-electron chi connectivity index (χ4n) is 7.73. The Kier molecular flexibility index (Phi) is 13.4. The first-order valence-electron chi connectivity index (χ1n) is 18.1. The summed E-state index contributed by atoms with van der Waals surface area (Å²) in [5, 5.41) is 0. The average Bonchev–Trinajstić information content (AvgIpc) is 3.64. The van der Waals surface area contributed by atoms with Crippen molar-refractivity contribution in [1.82, 2.24) is 0 Å². The molecule has 0 spiro atoms. The molecule has 4 aromatic rings. The number of alkyl halides is 6. The third-order valence-corrected chi connectivity index (χ3v) is 19.2. The maximum Gasteiger partial charge on any atom is -1.00 e. The van der Waals surface area contributed by atoms with E-state index in [0.29, 0.717) is 11.1 Å². The van der Waals surface area contributed by atoms with Crippen molar-refractivity contribution in [3.05, 3.63) is 143 Å². The Morgan fingerprint density at radius 3 is 1.69 bits per heavy atom. The zero-order chi connectivity index (χ0) is 37.9. The number of fused-ring (bicyclic) bond motifs is 3. The second-order valence-electron chi connectivity index (χ2n) is 15.6. The molecule has 0 bridgehead atoms. The maximum atomic E-state index is 13.9. The minimum absolute atomic E-state index is 0. The molecule has 54 heavy (non-hydrogen) atoms. The number of unbranched alkanes of at least 4 members (excludes halogenated alkanes) is 1. The third kappa shape index (κ3) is 8.64. The van der Waals surface area contributed by atoms with Gasteiger partial charge >= 0.3 is 313 Å². The van der Waals surface area contributed by atoms with Crippen molar-refractivity contribution in [3.63, 3.8) is 0 Å². The summed E-state index contributed by atoms with van der Waals surface area (Å²) in [7, 11) is 0. The molecule has 4 aromatic carbocycles. The zero-order valence-corrected chi connectivity index (χ0v) is 35.9. The molecular weight excluding hydrogens is 817 g/mol. The van der Waals surface area contributed by atoms with E-state index < -0.39 is 44.7 Å². The van der Waals surface area contributed by atoms with Crippen LogP contribution in [0.1, 0.15) is 103 Å². The van der Waals surface area contributed by atoms with Crippen LogP contribution in [0, 0.1) is 39.0 Å². The second kappa shape index (κ2) is 16.4. The summed E-state index contributed by atoms with van der Waals surface area (Å²) in [5.74, 6) is 0.131. The molecular formula is C45H46Cl2F6Zr. The summed E-state index contributed by atoms with van der Waals surface area (Å²) in [4.78, 5) is 0. The first kappa shape index (κ1) is 44.0. The van der Waals surface area contributed by atoms with E-state index in [2.05, 4.69) is 85.7 Å². The van der Waals surface area contributed by atoms with Gasteiger partial charge < -0.3 is 24.8 Å². The van der Waals surface area contributed by atoms with E-state index in [1.54, 1.807) is 0 Å². The Bertz CT molecular complexity index is 2070. The molecule has 0 amide bonds. The first-order chi connectivity index (χ1) is 24.3. The van der Waals surface area contributed by atoms with Gasteiger partial charge in [0.2, 0.25) is 0 Å². The van der Waals surface area contributed by atoms with Gasteiger partial charge in [0.05, 0.1) is 0 Å². The number of benzene rings is 4. The molecule has 9 heteroatoms. The van der Waals surface area contributed by atoms with Gasteiger partial charge in [-0.05, 0) is 0 Å². The standard InChI is InChI=1S/C17H17.C15H8F6.C13H21.2ClH.Zr/c1-10-5-14-9-15-6-11(2)13(4)8-17(15)16(14)7-12(10)3;16-14(17,18)12-5-1-10(2-6-12)9-11-3-7-13(8-4-11)15(19,20)21;1-5-6-7-11-8-9-12(10-11)13(2,3)4;;;/h5,7-8H,9H2,1-4H3;1-8H;9-11H,5-7H2,1-4H3;2*1H;/q;;;;;+2/p-2. The molecule has 1 unspecified atom stereocenters. The van der Waals surface area contributed by atoms with Gasteiger partial charge in [-0.2, -0.15) is 0 Å². The SMILES string of the molecule is CCCCC1C=C(C(C)(C)C)C=[C]1[Zr+2](=[C](c1ccc(C(F)(F)F)cc1)c1ccc(C(F)(F)F)cc1)[c]1c(C)c(C)cc2c1Cc1cc(C)c(C)cc1-2.[Cl-].[Cl-]. The zero-order valence-electron chi connectivity index (χ0n) is 31.9. The van der Waals surface area contributed by atoms with Gasteiger partial charge in [-0.3, -0.25) is 0 Å². The van der Waals surface area contributed by atoms with Gasteiger partial charge in [0.25, 0.3) is 0 Å². The van der Waals surface area contributed by atoms with Crippen LogP contribution in [-0.4, -0.2) is 3.21 Å². The summed E-state index contributed by atoms with van der Waals surface area (Å²) in [6.45, 7) is 17.3. The molecule has 2 aliphatic carbocycles. The normalized spacial score (nSPS) is 14.9. The number of aryl methyl sites for hydroxylation is 3. The molecule has 0 fully saturated rings. The van der Waals surface area contributed by atoms with Crippen LogP contribution >= 0.6 is 0 Å². The number of allylic oxidation sites excluding steroid dienone is 4. The topological polar surface area (TPSA) is 0 Å². The van der Waals surface area contributed by atoms with E-state index in [1.165, 1.54) is 75.3 Å². The van der Waals surface area contributed by atoms with Crippen molar-refractivity contribution in [2.75, 3.05) is 0 Å². The molecule has 0 N–H and O–H groups in total. The largest absolute Gasteiger partial charge is 1.00 e. The van der Waals surface area contributed by atoms with Crippen molar-refractivity contribution in [3.8, 4) is 11.1 Å². The van der Waals surface area contributed by atoms with Crippen LogP contribution in [0.5, 0.6) is 0 Å². The van der Waals surface area contributed by atoms with Crippen molar-refractivity contribution < 1.29 is 72.4 Å². The fourth-order valence-corrected chi connectivity index (χ4v) is 16.9. The van der Waals surface area contributed by atoms with Crippen LogP contribution in [0.2, 0.25) is 0 Å². The van der Waals surface area contributed by atoms with Crippen molar-refractivity contribution in [2.24, 2.45) is 11.3 Å². The van der Waals surface area contributed by atoms with Crippen LogP contribution in [0.4, 0.5) is 26.3 Å². The molecule has 0 heterocycles. The van der Waals surface area contributed by atoms with E-state index in [0.717, 1.165) is 58.7 Å². The van der Waals surface area contributed by atoms with Crippen molar-refractivity contribution in [1.29, 1.82) is 0 Å². The molecule has 1 atom stereocenters. The fraction of sp³-hybridized carbons (Fsp3) is 0.356. The minimum Gasteiger partial charge on any atom is -1.00 e. The summed E-state index contributed by atoms with van der Waals surface area (Å²) < 4.78 is 87.0. The van der Waals surface area contributed by atoms with Gasteiger partial charge in [0, 0.05) is 0 Å². The van der Waals surface area contributed by atoms with Crippen LogP contribution < -0.4 is 28.1 Å². The Labute approximate surface area is 336 Å². The third-order valence-electron chi connectivity index (χ3n) is 10.9. The van der Waals surface area contributed by atoms with Gasteiger partial charge in [-0.1, -0.05) is 0 Å². The van der Waals surface area contributed by atoms with Crippen molar-refractivity contribution in [2.45, 2.75) is 93.4 Å². The van der Waals surface area contributed by atoms with E-state index in [9.17, 15) is 26.3 Å². The molecule has 0 radical (unpaired) electrons. The quantitative estimate of drug-likeness (QED) is 0.160. The minimum atomic E-state index is -4.52. The van der Waals surface area contributed by atoms with E-state index >= 15 is 0 Å². The molecule has 6 rings (SSSR count). The van der Waals surface area contributed by atoms with E-state index in [-0.39, 0.29) is 36.1 Å². The van der Waals surface area contributed by atoms with Gasteiger partial charge in [-0.25, -0.2) is 0 Å². The molecule has 0 aliphatic heterocycles. The predicted octanol–water partition coefficient (Wildman–Crippen LogP) is 6.73. The van der Waals surface area contributed by atoms with Crippen LogP contribution in [0.25, 0.3) is 11.1 Å². The first-order valence-corrected chi connectivity index (χ1v) is 21.8. The van der Waals surface area contributed by atoms with Gasteiger partial charge in [0.1, 0.15) is 0 Å². The summed E-state index contributed by atoms with van der Waals surface area (Å²) in [5.41, 5.74) is 10.5. The molecule has 0 nitrogen and oxygen atoms in total.